The molecule has 0 aromatic carbocycles. The highest BCUT2D eigenvalue weighted by atomic mass is 16.3. The summed E-state index contributed by atoms with van der Waals surface area (Å²) in [6.45, 7) is 1.90. The van der Waals surface area contributed by atoms with Crippen LogP contribution in [0.5, 0.6) is 0 Å². The number of hydrogen-bond donors (Lipinski definition) is 1. The Morgan fingerprint density at radius 1 is 1.29 bits per heavy atom. The molecule has 0 bridgehead atoms. The van der Waals surface area contributed by atoms with Gasteiger partial charge in [-0.2, -0.15) is 0 Å². The van der Waals surface area contributed by atoms with Crippen LogP contribution in [0.2, 0.25) is 0 Å². The van der Waals surface area contributed by atoms with Crippen LogP contribution in [0.1, 0.15) is 45.8 Å². The molecule has 0 amide bonds. The SMILES string of the molecule is Cc1[nH]c(=O)c(C(=O)C=Cc2ccco2)c2c1CCCC2. The molecule has 0 radical (unpaired) electrons. The number of aromatic nitrogens is 1. The number of pyridine rings is 1. The standard InChI is InChI=1S/C17H17NO3/c1-11-13-6-2-3-7-14(13)16(17(20)18-11)15(19)9-8-12-5-4-10-21-12/h4-5,8-10H,2-3,6-7H2,1H3,(H,18,20). The van der Waals surface area contributed by atoms with Gasteiger partial charge in [-0.05, 0) is 68.0 Å². The van der Waals surface area contributed by atoms with E-state index < -0.39 is 0 Å². The van der Waals surface area contributed by atoms with Crippen molar-refractivity contribution in [3.8, 4) is 0 Å². The summed E-state index contributed by atoms with van der Waals surface area (Å²) in [5.74, 6) is 0.339. The van der Waals surface area contributed by atoms with Gasteiger partial charge in [0.1, 0.15) is 5.76 Å². The van der Waals surface area contributed by atoms with Crippen LogP contribution in [-0.4, -0.2) is 10.8 Å². The van der Waals surface area contributed by atoms with E-state index in [9.17, 15) is 9.59 Å². The van der Waals surface area contributed by atoms with Gasteiger partial charge in [-0.1, -0.05) is 0 Å². The Morgan fingerprint density at radius 2 is 2.05 bits per heavy atom. The molecule has 108 valence electrons. The predicted octanol–water partition coefficient (Wildman–Crippen LogP) is 3.05. The zero-order chi connectivity index (χ0) is 14.8. The van der Waals surface area contributed by atoms with Gasteiger partial charge in [0.15, 0.2) is 5.78 Å². The summed E-state index contributed by atoms with van der Waals surface area (Å²) in [7, 11) is 0. The third kappa shape index (κ3) is 2.61. The molecule has 1 aliphatic carbocycles. The van der Waals surface area contributed by atoms with Gasteiger partial charge in [-0.15, -0.1) is 0 Å². The van der Waals surface area contributed by atoms with E-state index in [4.69, 9.17) is 4.42 Å². The van der Waals surface area contributed by atoms with Crippen LogP contribution in [0.3, 0.4) is 0 Å². The van der Waals surface area contributed by atoms with Crippen molar-refractivity contribution < 1.29 is 9.21 Å². The normalized spacial score (nSPS) is 14.3. The molecule has 4 nitrogen and oxygen atoms in total. The lowest BCUT2D eigenvalue weighted by Gasteiger charge is -2.19. The summed E-state index contributed by atoms with van der Waals surface area (Å²) in [5, 5.41) is 0. The van der Waals surface area contributed by atoms with Crippen LogP contribution >= 0.6 is 0 Å². The molecule has 0 atom stereocenters. The molecular weight excluding hydrogens is 266 g/mol. The molecule has 0 fully saturated rings. The maximum Gasteiger partial charge on any atom is 0.259 e. The Bertz CT molecular complexity index is 751. The fourth-order valence-corrected chi connectivity index (χ4v) is 2.93. The second-order valence-corrected chi connectivity index (χ2v) is 5.33. The minimum atomic E-state index is -0.290. The average molecular weight is 283 g/mol. The summed E-state index contributed by atoms with van der Waals surface area (Å²) >= 11 is 0. The van der Waals surface area contributed by atoms with Crippen molar-refractivity contribution in [2.45, 2.75) is 32.6 Å². The number of hydrogen-bond acceptors (Lipinski definition) is 3. The van der Waals surface area contributed by atoms with Crippen molar-refractivity contribution in [1.29, 1.82) is 0 Å². The molecule has 2 aromatic rings. The van der Waals surface area contributed by atoms with E-state index >= 15 is 0 Å². The van der Waals surface area contributed by atoms with Gasteiger partial charge in [-0.3, -0.25) is 9.59 Å². The Balaban J connectivity index is 2.02. The number of furan rings is 1. The van der Waals surface area contributed by atoms with E-state index in [1.54, 1.807) is 24.5 Å². The third-order valence-electron chi connectivity index (χ3n) is 3.94. The van der Waals surface area contributed by atoms with Gasteiger partial charge in [0.2, 0.25) is 0 Å². The van der Waals surface area contributed by atoms with Gasteiger partial charge in [0, 0.05) is 5.69 Å². The van der Waals surface area contributed by atoms with Crippen LogP contribution < -0.4 is 5.56 Å². The van der Waals surface area contributed by atoms with Crippen molar-refractivity contribution >= 4 is 11.9 Å². The number of rotatable bonds is 3. The second-order valence-electron chi connectivity index (χ2n) is 5.33. The first-order valence-corrected chi connectivity index (χ1v) is 7.17. The number of allylic oxidation sites excluding steroid dienone is 1. The molecule has 3 rings (SSSR count). The Labute approximate surface area is 122 Å². The quantitative estimate of drug-likeness (QED) is 0.695. The zero-order valence-electron chi connectivity index (χ0n) is 11.9. The Hall–Kier alpha value is -2.36. The minimum Gasteiger partial charge on any atom is -0.465 e. The topological polar surface area (TPSA) is 63.1 Å². The number of carbonyl (C=O) groups excluding carboxylic acids is 1. The lowest BCUT2D eigenvalue weighted by molar-refractivity contribution is 0.104. The van der Waals surface area contributed by atoms with Gasteiger partial charge in [0.25, 0.3) is 5.56 Å². The Kier molecular flexibility index (Phi) is 3.60. The van der Waals surface area contributed by atoms with E-state index in [0.717, 1.165) is 42.5 Å². The summed E-state index contributed by atoms with van der Waals surface area (Å²) < 4.78 is 5.16. The first kappa shape index (κ1) is 13.6. The monoisotopic (exact) mass is 283 g/mol. The number of aryl methyl sites for hydroxylation is 1. The minimum absolute atomic E-state index is 0.259. The third-order valence-corrected chi connectivity index (χ3v) is 3.94. The first-order valence-electron chi connectivity index (χ1n) is 7.17. The molecule has 21 heavy (non-hydrogen) atoms. The molecule has 4 heteroatoms. The number of aromatic amines is 1. The molecule has 2 heterocycles. The van der Waals surface area contributed by atoms with E-state index in [2.05, 4.69) is 4.98 Å². The zero-order valence-corrected chi connectivity index (χ0v) is 11.9. The van der Waals surface area contributed by atoms with Gasteiger partial charge in [-0.25, -0.2) is 0 Å². The maximum atomic E-state index is 12.4. The van der Waals surface area contributed by atoms with Crippen molar-refractivity contribution in [2.24, 2.45) is 0 Å². The van der Waals surface area contributed by atoms with Crippen molar-refractivity contribution in [3.05, 3.63) is 63.0 Å². The van der Waals surface area contributed by atoms with Crippen molar-refractivity contribution in [3.63, 3.8) is 0 Å². The smallest absolute Gasteiger partial charge is 0.259 e. The fourth-order valence-electron chi connectivity index (χ4n) is 2.93. The molecule has 1 aliphatic rings. The number of H-pyrrole nitrogens is 1. The Morgan fingerprint density at radius 3 is 2.76 bits per heavy atom. The van der Waals surface area contributed by atoms with E-state index in [0.29, 0.717) is 5.76 Å². The maximum absolute atomic E-state index is 12.4. The van der Waals surface area contributed by atoms with E-state index in [1.165, 1.54) is 6.08 Å². The lowest BCUT2D eigenvalue weighted by atomic mass is 9.87. The van der Waals surface area contributed by atoms with Gasteiger partial charge >= 0.3 is 0 Å². The van der Waals surface area contributed by atoms with Crippen molar-refractivity contribution in [2.75, 3.05) is 0 Å². The number of ketones is 1. The lowest BCUT2D eigenvalue weighted by Crippen LogP contribution is -2.24. The number of carbonyl (C=O) groups is 1. The van der Waals surface area contributed by atoms with Crippen LogP contribution in [0.15, 0.2) is 33.7 Å². The van der Waals surface area contributed by atoms with E-state index in [1.807, 2.05) is 6.92 Å². The summed E-state index contributed by atoms with van der Waals surface area (Å²) in [5.41, 5.74) is 2.95. The van der Waals surface area contributed by atoms with E-state index in [-0.39, 0.29) is 16.9 Å². The molecular formula is C17H17NO3. The summed E-state index contributed by atoms with van der Waals surface area (Å²) in [4.78, 5) is 27.4. The average Bonchev–Trinajstić information content (AvgIpc) is 2.98. The van der Waals surface area contributed by atoms with Crippen LogP contribution in [-0.2, 0) is 12.8 Å². The highest BCUT2D eigenvalue weighted by Gasteiger charge is 2.21. The second kappa shape index (κ2) is 5.56. The molecule has 2 aromatic heterocycles. The van der Waals surface area contributed by atoms with Crippen LogP contribution in [0.4, 0.5) is 0 Å². The molecule has 0 spiro atoms. The van der Waals surface area contributed by atoms with Crippen molar-refractivity contribution in [1.82, 2.24) is 4.98 Å². The van der Waals surface area contributed by atoms with Gasteiger partial charge in [0.05, 0.1) is 11.8 Å². The van der Waals surface area contributed by atoms with Gasteiger partial charge < -0.3 is 9.40 Å². The fraction of sp³-hybridized carbons (Fsp3) is 0.294. The largest absolute Gasteiger partial charge is 0.465 e. The molecule has 0 saturated heterocycles. The van der Waals surface area contributed by atoms with Crippen LogP contribution in [0, 0.1) is 6.92 Å². The highest BCUT2D eigenvalue weighted by molar-refractivity contribution is 6.07. The van der Waals surface area contributed by atoms with Crippen LogP contribution in [0.25, 0.3) is 6.08 Å². The molecule has 0 aliphatic heterocycles. The molecule has 0 unspecified atom stereocenters. The summed E-state index contributed by atoms with van der Waals surface area (Å²) in [6, 6.07) is 3.52. The first-order chi connectivity index (χ1) is 10.2. The molecule has 0 saturated carbocycles. The molecule has 1 N–H and O–H groups in total. The number of nitrogens with one attached hydrogen (secondary N) is 1. The summed E-state index contributed by atoms with van der Waals surface area (Å²) in [6.07, 6.45) is 8.42. The predicted molar refractivity (Wildman–Crippen MR) is 80.5 cm³/mol. The number of fused-ring (bicyclic) bond motifs is 1. The highest BCUT2D eigenvalue weighted by Crippen LogP contribution is 2.24.